The number of methoxy groups -OCH3 is 1. The normalized spacial score (nSPS) is 10.8. The third-order valence-electron chi connectivity index (χ3n) is 6.34. The summed E-state index contributed by atoms with van der Waals surface area (Å²) in [5.74, 6) is 0.591. The number of nitrogens with zero attached hydrogens (tertiary/aromatic N) is 2. The van der Waals surface area contributed by atoms with Gasteiger partial charge in [-0.25, -0.2) is 0 Å². The Kier molecular flexibility index (Phi) is 8.40. The Bertz CT molecular complexity index is 1280. The molecule has 6 heteroatoms. The summed E-state index contributed by atoms with van der Waals surface area (Å²) < 4.78 is 5.28. The van der Waals surface area contributed by atoms with Gasteiger partial charge in [-0.15, -0.1) is 0 Å². The zero-order valence-corrected chi connectivity index (χ0v) is 20.9. The number of fused-ring (bicyclic) bond motifs is 1. The summed E-state index contributed by atoms with van der Waals surface area (Å²) in [5.41, 5.74) is 3.87. The first kappa shape index (κ1) is 25.0. The maximum Gasteiger partial charge on any atom is 0.254 e. The minimum absolute atomic E-state index is 0.0472. The van der Waals surface area contributed by atoms with Crippen molar-refractivity contribution < 1.29 is 14.3 Å². The zero-order chi connectivity index (χ0) is 25.3. The second kappa shape index (κ2) is 12.1. The Hall–Kier alpha value is -4.06. The molecule has 1 heterocycles. The predicted octanol–water partition coefficient (Wildman–Crippen LogP) is 5.30. The molecule has 0 bridgehead atoms. The SMILES string of the molecule is CCCN(CC(=O)N(CCc1c[nH]c2ccccc12)Cc1ccc(OC)cc1)C(=O)c1ccccc1. The fourth-order valence-corrected chi connectivity index (χ4v) is 4.39. The van der Waals surface area contributed by atoms with E-state index in [1.54, 1.807) is 24.1 Å². The maximum absolute atomic E-state index is 13.6. The maximum atomic E-state index is 13.6. The molecule has 1 aromatic heterocycles. The first-order valence-corrected chi connectivity index (χ1v) is 12.4. The number of H-pyrrole nitrogens is 1. The summed E-state index contributed by atoms with van der Waals surface area (Å²) in [7, 11) is 1.64. The molecule has 0 unspecified atom stereocenters. The van der Waals surface area contributed by atoms with Crippen LogP contribution in [0.25, 0.3) is 10.9 Å². The van der Waals surface area contributed by atoms with Gasteiger partial charge in [-0.3, -0.25) is 9.59 Å². The summed E-state index contributed by atoms with van der Waals surface area (Å²) in [5, 5.41) is 1.17. The number of aromatic nitrogens is 1. The lowest BCUT2D eigenvalue weighted by molar-refractivity contribution is -0.132. The van der Waals surface area contributed by atoms with E-state index in [4.69, 9.17) is 4.74 Å². The largest absolute Gasteiger partial charge is 0.497 e. The van der Waals surface area contributed by atoms with Gasteiger partial charge in [0.2, 0.25) is 5.91 Å². The van der Waals surface area contributed by atoms with E-state index >= 15 is 0 Å². The fourth-order valence-electron chi connectivity index (χ4n) is 4.39. The molecule has 36 heavy (non-hydrogen) atoms. The quantitative estimate of drug-likeness (QED) is 0.315. The van der Waals surface area contributed by atoms with Crippen molar-refractivity contribution in [1.29, 1.82) is 0 Å². The Labute approximate surface area is 212 Å². The molecule has 2 amide bonds. The summed E-state index contributed by atoms with van der Waals surface area (Å²) in [4.78, 5) is 33.6. The Morgan fingerprint density at radius 2 is 1.58 bits per heavy atom. The predicted molar refractivity (Wildman–Crippen MR) is 143 cm³/mol. The second-order valence-corrected chi connectivity index (χ2v) is 8.87. The van der Waals surface area contributed by atoms with Crippen molar-refractivity contribution in [3.63, 3.8) is 0 Å². The number of hydrogen-bond donors (Lipinski definition) is 1. The van der Waals surface area contributed by atoms with E-state index in [9.17, 15) is 9.59 Å². The van der Waals surface area contributed by atoms with Crippen LogP contribution in [0.3, 0.4) is 0 Å². The third kappa shape index (κ3) is 6.13. The van der Waals surface area contributed by atoms with Crippen molar-refractivity contribution in [2.45, 2.75) is 26.3 Å². The Morgan fingerprint density at radius 1 is 0.861 bits per heavy atom. The highest BCUT2D eigenvalue weighted by Crippen LogP contribution is 2.20. The molecule has 1 N–H and O–H groups in total. The van der Waals surface area contributed by atoms with Gasteiger partial charge in [-0.2, -0.15) is 0 Å². The number of benzene rings is 3. The number of carbonyl (C=O) groups excluding carboxylic acids is 2. The van der Waals surface area contributed by atoms with Gasteiger partial charge >= 0.3 is 0 Å². The number of ether oxygens (including phenoxy) is 1. The van der Waals surface area contributed by atoms with Gasteiger partial charge < -0.3 is 19.5 Å². The highest BCUT2D eigenvalue weighted by Gasteiger charge is 2.22. The first-order valence-electron chi connectivity index (χ1n) is 12.4. The van der Waals surface area contributed by atoms with Crippen molar-refractivity contribution in [2.75, 3.05) is 26.7 Å². The van der Waals surface area contributed by atoms with Crippen molar-refractivity contribution in [3.05, 3.63) is 102 Å². The summed E-state index contributed by atoms with van der Waals surface area (Å²) >= 11 is 0. The molecule has 3 aromatic carbocycles. The molecule has 0 spiro atoms. The fraction of sp³-hybridized carbons (Fsp3) is 0.267. The van der Waals surface area contributed by atoms with E-state index in [0.717, 1.165) is 23.3 Å². The lowest BCUT2D eigenvalue weighted by Gasteiger charge is -2.28. The number of rotatable bonds is 11. The van der Waals surface area contributed by atoms with Crippen LogP contribution in [0.4, 0.5) is 0 Å². The molecule has 0 saturated carbocycles. The molecular formula is C30H33N3O3. The van der Waals surface area contributed by atoms with Crippen LogP contribution < -0.4 is 4.74 Å². The van der Waals surface area contributed by atoms with Crippen molar-refractivity contribution in [3.8, 4) is 5.75 Å². The standard InChI is InChI=1S/C30H33N3O3/c1-3-18-33(30(35)24-9-5-4-6-10-24)22-29(34)32(21-23-13-15-26(36-2)16-14-23)19-17-25-20-31-28-12-8-7-11-27(25)28/h4-16,20,31H,3,17-19,21-22H2,1-2H3. The molecule has 0 saturated heterocycles. The smallest absolute Gasteiger partial charge is 0.254 e. The van der Waals surface area contributed by atoms with Crippen LogP contribution in [0, 0.1) is 0 Å². The zero-order valence-electron chi connectivity index (χ0n) is 20.9. The third-order valence-corrected chi connectivity index (χ3v) is 6.34. The number of hydrogen-bond acceptors (Lipinski definition) is 3. The van der Waals surface area contributed by atoms with Crippen LogP contribution in [0.2, 0.25) is 0 Å². The molecule has 4 aromatic rings. The monoisotopic (exact) mass is 483 g/mol. The highest BCUT2D eigenvalue weighted by molar-refractivity contribution is 5.96. The van der Waals surface area contributed by atoms with Gasteiger partial charge in [0.05, 0.1) is 7.11 Å². The van der Waals surface area contributed by atoms with E-state index in [2.05, 4.69) is 17.1 Å². The first-order chi connectivity index (χ1) is 17.6. The van der Waals surface area contributed by atoms with Gasteiger partial charge in [0.15, 0.2) is 0 Å². The van der Waals surface area contributed by atoms with E-state index < -0.39 is 0 Å². The Morgan fingerprint density at radius 3 is 2.31 bits per heavy atom. The van der Waals surface area contributed by atoms with Crippen LogP contribution in [0.5, 0.6) is 5.75 Å². The molecule has 0 radical (unpaired) electrons. The van der Waals surface area contributed by atoms with Gasteiger partial charge in [0.25, 0.3) is 5.91 Å². The number of para-hydroxylation sites is 1. The number of nitrogens with one attached hydrogen (secondary N) is 1. The summed E-state index contributed by atoms with van der Waals surface area (Å²) in [6, 6.07) is 25.1. The molecule has 4 rings (SSSR count). The minimum atomic E-state index is -0.119. The van der Waals surface area contributed by atoms with E-state index in [1.807, 2.05) is 72.6 Å². The average molecular weight is 484 g/mol. The molecule has 0 aliphatic rings. The van der Waals surface area contributed by atoms with Crippen molar-refractivity contribution >= 4 is 22.7 Å². The number of carbonyl (C=O) groups is 2. The van der Waals surface area contributed by atoms with Crippen LogP contribution in [0.1, 0.15) is 34.8 Å². The molecule has 0 fully saturated rings. The van der Waals surface area contributed by atoms with Crippen molar-refractivity contribution in [2.24, 2.45) is 0 Å². The van der Waals surface area contributed by atoms with Crippen LogP contribution in [-0.2, 0) is 17.8 Å². The van der Waals surface area contributed by atoms with Crippen LogP contribution >= 0.6 is 0 Å². The Balaban J connectivity index is 1.53. The summed E-state index contributed by atoms with van der Waals surface area (Å²) in [6.07, 6.45) is 3.51. The van der Waals surface area contributed by atoms with Crippen molar-refractivity contribution in [1.82, 2.24) is 14.8 Å². The summed E-state index contributed by atoms with van der Waals surface area (Å²) in [6.45, 7) is 3.60. The lowest BCUT2D eigenvalue weighted by Crippen LogP contribution is -2.43. The molecule has 186 valence electrons. The van der Waals surface area contributed by atoms with E-state index in [-0.39, 0.29) is 18.4 Å². The molecule has 6 nitrogen and oxygen atoms in total. The van der Waals surface area contributed by atoms with Gasteiger partial charge in [0.1, 0.15) is 12.3 Å². The highest BCUT2D eigenvalue weighted by atomic mass is 16.5. The topological polar surface area (TPSA) is 65.6 Å². The second-order valence-electron chi connectivity index (χ2n) is 8.87. The van der Waals surface area contributed by atoms with Crippen LogP contribution in [-0.4, -0.2) is 53.3 Å². The number of aromatic amines is 1. The van der Waals surface area contributed by atoms with E-state index in [0.29, 0.717) is 31.6 Å². The lowest BCUT2D eigenvalue weighted by atomic mass is 10.1. The average Bonchev–Trinajstić information content (AvgIpc) is 3.34. The molecular weight excluding hydrogens is 450 g/mol. The molecule has 0 aliphatic heterocycles. The van der Waals surface area contributed by atoms with Gasteiger partial charge in [0, 0.05) is 42.3 Å². The minimum Gasteiger partial charge on any atom is -0.497 e. The van der Waals surface area contributed by atoms with E-state index in [1.165, 1.54) is 10.9 Å². The van der Waals surface area contributed by atoms with Gasteiger partial charge in [-0.05, 0) is 54.3 Å². The van der Waals surface area contributed by atoms with Gasteiger partial charge in [-0.1, -0.05) is 55.5 Å². The molecule has 0 aliphatic carbocycles. The van der Waals surface area contributed by atoms with Crippen LogP contribution in [0.15, 0.2) is 85.1 Å². The molecule has 0 atom stereocenters. The number of amides is 2.